The SMILES string of the molecule is O=C(c1ccc(-n2ccnc2)nc1)N1CCN(C(=O)c2ccco2)CC1. The molecule has 1 saturated heterocycles. The number of carbonyl (C=O) groups excluding carboxylic acids is 2. The van der Waals surface area contributed by atoms with Crippen LogP contribution in [0.4, 0.5) is 0 Å². The average Bonchev–Trinajstić information content (AvgIpc) is 3.41. The van der Waals surface area contributed by atoms with Gasteiger partial charge < -0.3 is 14.2 Å². The lowest BCUT2D eigenvalue weighted by atomic mass is 10.2. The number of amides is 2. The summed E-state index contributed by atoms with van der Waals surface area (Å²) in [4.78, 5) is 36.6. The molecule has 0 bridgehead atoms. The van der Waals surface area contributed by atoms with E-state index in [0.717, 1.165) is 0 Å². The van der Waals surface area contributed by atoms with Crippen LogP contribution in [0.2, 0.25) is 0 Å². The topological polar surface area (TPSA) is 84.5 Å². The molecule has 0 spiro atoms. The van der Waals surface area contributed by atoms with E-state index in [0.29, 0.717) is 43.3 Å². The maximum Gasteiger partial charge on any atom is 0.289 e. The number of rotatable bonds is 3. The molecular weight excluding hydrogens is 334 g/mol. The second-order valence-electron chi connectivity index (χ2n) is 5.94. The Hall–Kier alpha value is -3.42. The molecule has 0 radical (unpaired) electrons. The molecule has 0 N–H and O–H groups in total. The van der Waals surface area contributed by atoms with Crippen molar-refractivity contribution in [2.75, 3.05) is 26.2 Å². The maximum absolute atomic E-state index is 12.6. The number of hydrogen-bond donors (Lipinski definition) is 0. The van der Waals surface area contributed by atoms with Crippen LogP contribution in [0.1, 0.15) is 20.9 Å². The highest BCUT2D eigenvalue weighted by molar-refractivity contribution is 5.95. The molecule has 8 heteroatoms. The van der Waals surface area contributed by atoms with Gasteiger partial charge in [0.2, 0.25) is 0 Å². The lowest BCUT2D eigenvalue weighted by Gasteiger charge is -2.34. The molecule has 0 aromatic carbocycles. The summed E-state index contributed by atoms with van der Waals surface area (Å²) in [5, 5.41) is 0. The fraction of sp³-hybridized carbons (Fsp3) is 0.222. The van der Waals surface area contributed by atoms with Crippen molar-refractivity contribution >= 4 is 11.8 Å². The molecule has 0 atom stereocenters. The van der Waals surface area contributed by atoms with Gasteiger partial charge in [0.05, 0.1) is 11.8 Å². The fourth-order valence-electron chi connectivity index (χ4n) is 2.91. The first-order chi connectivity index (χ1) is 12.7. The number of nitrogens with zero attached hydrogens (tertiary/aromatic N) is 5. The summed E-state index contributed by atoms with van der Waals surface area (Å²) in [7, 11) is 0. The van der Waals surface area contributed by atoms with E-state index in [9.17, 15) is 9.59 Å². The van der Waals surface area contributed by atoms with Crippen molar-refractivity contribution in [1.82, 2.24) is 24.3 Å². The molecule has 1 aliphatic rings. The molecule has 4 rings (SSSR count). The normalized spacial score (nSPS) is 14.5. The van der Waals surface area contributed by atoms with E-state index in [1.165, 1.54) is 6.26 Å². The molecule has 4 heterocycles. The molecule has 26 heavy (non-hydrogen) atoms. The molecule has 132 valence electrons. The van der Waals surface area contributed by atoms with Gasteiger partial charge in [-0.15, -0.1) is 0 Å². The number of aromatic nitrogens is 3. The Morgan fingerprint density at radius 2 is 1.77 bits per heavy atom. The second kappa shape index (κ2) is 6.83. The van der Waals surface area contributed by atoms with Gasteiger partial charge in [-0.25, -0.2) is 9.97 Å². The minimum absolute atomic E-state index is 0.0835. The highest BCUT2D eigenvalue weighted by Crippen LogP contribution is 2.13. The Bertz CT molecular complexity index is 880. The number of furan rings is 1. The standard InChI is InChI=1S/C18H17N5O3/c24-17(14-3-4-16(20-12-14)23-6-5-19-13-23)21-7-9-22(10-8-21)18(25)15-2-1-11-26-15/h1-6,11-13H,7-10H2. The summed E-state index contributed by atoms with van der Waals surface area (Å²) in [6.07, 6.45) is 8.16. The smallest absolute Gasteiger partial charge is 0.289 e. The third-order valence-electron chi connectivity index (χ3n) is 4.35. The third-order valence-corrected chi connectivity index (χ3v) is 4.35. The van der Waals surface area contributed by atoms with Gasteiger partial charge in [0.1, 0.15) is 12.1 Å². The average molecular weight is 351 g/mol. The second-order valence-corrected chi connectivity index (χ2v) is 5.94. The van der Waals surface area contributed by atoms with E-state index >= 15 is 0 Å². The number of pyridine rings is 1. The van der Waals surface area contributed by atoms with Gasteiger partial charge in [-0.05, 0) is 24.3 Å². The molecule has 0 unspecified atom stereocenters. The van der Waals surface area contributed by atoms with E-state index in [1.807, 2.05) is 0 Å². The minimum atomic E-state index is -0.145. The lowest BCUT2D eigenvalue weighted by molar-refractivity contribution is 0.0518. The van der Waals surface area contributed by atoms with Crippen molar-refractivity contribution in [3.05, 3.63) is 66.8 Å². The molecule has 3 aromatic heterocycles. The van der Waals surface area contributed by atoms with E-state index in [4.69, 9.17) is 4.42 Å². The Labute approximate surface area is 149 Å². The van der Waals surface area contributed by atoms with Gasteiger partial charge in [-0.1, -0.05) is 0 Å². The quantitative estimate of drug-likeness (QED) is 0.713. The van der Waals surface area contributed by atoms with Gasteiger partial charge in [-0.2, -0.15) is 0 Å². The summed E-state index contributed by atoms with van der Waals surface area (Å²) < 4.78 is 6.92. The van der Waals surface area contributed by atoms with Crippen LogP contribution >= 0.6 is 0 Å². The predicted octanol–water partition coefficient (Wildman–Crippen LogP) is 1.46. The summed E-state index contributed by atoms with van der Waals surface area (Å²) in [6, 6.07) is 6.87. The minimum Gasteiger partial charge on any atom is -0.459 e. The molecule has 8 nitrogen and oxygen atoms in total. The molecule has 0 saturated carbocycles. The lowest BCUT2D eigenvalue weighted by Crippen LogP contribution is -2.50. The zero-order chi connectivity index (χ0) is 17.9. The summed E-state index contributed by atoms with van der Waals surface area (Å²) in [5.74, 6) is 0.796. The highest BCUT2D eigenvalue weighted by atomic mass is 16.3. The van der Waals surface area contributed by atoms with Crippen molar-refractivity contribution in [3.63, 3.8) is 0 Å². The molecule has 1 fully saturated rings. The summed E-state index contributed by atoms with van der Waals surface area (Å²) >= 11 is 0. The zero-order valence-electron chi connectivity index (χ0n) is 14.0. The summed E-state index contributed by atoms with van der Waals surface area (Å²) in [6.45, 7) is 1.92. The number of hydrogen-bond acceptors (Lipinski definition) is 5. The predicted molar refractivity (Wildman–Crippen MR) is 91.9 cm³/mol. The highest BCUT2D eigenvalue weighted by Gasteiger charge is 2.26. The van der Waals surface area contributed by atoms with Crippen LogP contribution in [0, 0.1) is 0 Å². The Balaban J connectivity index is 1.38. The molecule has 2 amide bonds. The van der Waals surface area contributed by atoms with Crippen molar-refractivity contribution in [3.8, 4) is 5.82 Å². The Morgan fingerprint density at radius 1 is 1.00 bits per heavy atom. The van der Waals surface area contributed by atoms with Crippen LogP contribution in [0.5, 0.6) is 0 Å². The van der Waals surface area contributed by atoms with Crippen LogP contribution in [0.3, 0.4) is 0 Å². The monoisotopic (exact) mass is 351 g/mol. The van der Waals surface area contributed by atoms with Gasteiger partial charge >= 0.3 is 0 Å². The number of piperazine rings is 1. The van der Waals surface area contributed by atoms with Gasteiger partial charge in [0.25, 0.3) is 11.8 Å². The summed E-state index contributed by atoms with van der Waals surface area (Å²) in [5.41, 5.74) is 0.527. The first kappa shape index (κ1) is 16.1. The van der Waals surface area contributed by atoms with Crippen molar-refractivity contribution in [2.45, 2.75) is 0 Å². The van der Waals surface area contributed by atoms with E-state index in [1.54, 1.807) is 63.6 Å². The van der Waals surface area contributed by atoms with Crippen LogP contribution in [-0.2, 0) is 0 Å². The van der Waals surface area contributed by atoms with E-state index in [-0.39, 0.29) is 11.8 Å². The van der Waals surface area contributed by atoms with Crippen LogP contribution in [0.25, 0.3) is 5.82 Å². The molecule has 3 aromatic rings. The molecule has 0 aliphatic carbocycles. The van der Waals surface area contributed by atoms with Crippen molar-refractivity contribution in [1.29, 1.82) is 0 Å². The van der Waals surface area contributed by atoms with Crippen molar-refractivity contribution < 1.29 is 14.0 Å². The first-order valence-electron chi connectivity index (χ1n) is 8.29. The zero-order valence-corrected chi connectivity index (χ0v) is 14.0. The Morgan fingerprint density at radius 3 is 2.35 bits per heavy atom. The van der Waals surface area contributed by atoms with Crippen LogP contribution in [-0.4, -0.2) is 62.3 Å². The fourth-order valence-corrected chi connectivity index (χ4v) is 2.91. The van der Waals surface area contributed by atoms with Crippen LogP contribution < -0.4 is 0 Å². The Kier molecular flexibility index (Phi) is 4.22. The van der Waals surface area contributed by atoms with E-state index < -0.39 is 0 Å². The van der Waals surface area contributed by atoms with Gasteiger partial charge in [-0.3, -0.25) is 14.2 Å². The van der Waals surface area contributed by atoms with Crippen molar-refractivity contribution in [2.24, 2.45) is 0 Å². The van der Waals surface area contributed by atoms with Gasteiger partial charge in [0.15, 0.2) is 5.76 Å². The number of carbonyl (C=O) groups is 2. The molecular formula is C18H17N5O3. The molecule has 1 aliphatic heterocycles. The first-order valence-corrected chi connectivity index (χ1v) is 8.29. The van der Waals surface area contributed by atoms with Gasteiger partial charge in [0, 0.05) is 44.8 Å². The van der Waals surface area contributed by atoms with E-state index in [2.05, 4.69) is 9.97 Å². The van der Waals surface area contributed by atoms with Crippen LogP contribution in [0.15, 0.2) is 59.9 Å². The third kappa shape index (κ3) is 3.08. The largest absolute Gasteiger partial charge is 0.459 e. The maximum atomic E-state index is 12.6. The number of imidazole rings is 1.